The number of piperidine rings is 1. The second-order valence-electron chi connectivity index (χ2n) is 5.90. The van der Waals surface area contributed by atoms with Crippen LogP contribution in [0.15, 0.2) is 50.5 Å². The summed E-state index contributed by atoms with van der Waals surface area (Å²) in [6.07, 6.45) is 0.935. The molecule has 134 valence electrons. The number of ether oxygens (including phenoxy) is 1. The van der Waals surface area contributed by atoms with E-state index in [9.17, 15) is 13.2 Å². The Morgan fingerprint density at radius 2 is 1.92 bits per heavy atom. The van der Waals surface area contributed by atoms with Gasteiger partial charge in [-0.1, -0.05) is 17.7 Å². The average Bonchev–Trinajstić information content (AvgIpc) is 2.54. The summed E-state index contributed by atoms with van der Waals surface area (Å²) in [5, 5.41) is 0.387. The van der Waals surface area contributed by atoms with Crippen LogP contribution in [-0.4, -0.2) is 31.9 Å². The summed E-state index contributed by atoms with van der Waals surface area (Å²) in [6, 6.07) is 9.19. The van der Waals surface area contributed by atoms with Crippen molar-refractivity contribution in [3.8, 4) is 5.75 Å². The lowest BCUT2D eigenvalue weighted by Crippen LogP contribution is -2.41. The first-order valence-corrected chi connectivity index (χ1v) is 9.70. The van der Waals surface area contributed by atoms with E-state index in [4.69, 9.17) is 20.8 Å². The molecule has 1 aromatic carbocycles. The van der Waals surface area contributed by atoms with Crippen molar-refractivity contribution in [1.29, 1.82) is 0 Å². The first-order valence-electron chi connectivity index (χ1n) is 7.89. The maximum atomic E-state index is 12.7. The Hall–Kier alpha value is -1.83. The highest BCUT2D eigenvalue weighted by atomic mass is 35.5. The first-order chi connectivity index (χ1) is 11.8. The van der Waals surface area contributed by atoms with Crippen LogP contribution in [0.5, 0.6) is 5.75 Å². The van der Waals surface area contributed by atoms with Crippen LogP contribution in [0, 0.1) is 6.92 Å². The van der Waals surface area contributed by atoms with Crippen LogP contribution in [-0.2, 0) is 10.0 Å². The van der Waals surface area contributed by atoms with E-state index < -0.39 is 15.6 Å². The van der Waals surface area contributed by atoms with Crippen LogP contribution >= 0.6 is 11.6 Å². The molecule has 0 spiro atoms. The van der Waals surface area contributed by atoms with Gasteiger partial charge in [-0.05, 0) is 38.0 Å². The number of sulfonamides is 1. The molecular formula is C17H18ClNO5S. The molecule has 0 radical (unpaired) electrons. The molecule has 2 heterocycles. The van der Waals surface area contributed by atoms with Crippen LogP contribution in [0.2, 0.25) is 5.02 Å². The molecule has 0 amide bonds. The third-order valence-electron chi connectivity index (χ3n) is 4.00. The number of hydrogen-bond acceptors (Lipinski definition) is 5. The Balaban J connectivity index is 1.66. The number of halogens is 1. The van der Waals surface area contributed by atoms with E-state index in [0.29, 0.717) is 42.5 Å². The van der Waals surface area contributed by atoms with Crippen LogP contribution < -0.4 is 10.4 Å². The molecule has 0 unspecified atom stereocenters. The summed E-state index contributed by atoms with van der Waals surface area (Å²) in [6.45, 7) is 2.37. The SMILES string of the molecule is Cc1cc(OC2CCN(S(=O)(=O)c3cccc(Cl)c3)CC2)cc(=O)o1. The summed E-state index contributed by atoms with van der Waals surface area (Å²) < 4.78 is 37.5. The fourth-order valence-electron chi connectivity index (χ4n) is 2.80. The van der Waals surface area contributed by atoms with Gasteiger partial charge in [-0.15, -0.1) is 0 Å². The van der Waals surface area contributed by atoms with Crippen LogP contribution in [0.1, 0.15) is 18.6 Å². The Kier molecular flexibility index (Phi) is 5.17. The second-order valence-corrected chi connectivity index (χ2v) is 8.28. The zero-order chi connectivity index (χ0) is 18.0. The first kappa shape index (κ1) is 18.0. The van der Waals surface area contributed by atoms with Gasteiger partial charge >= 0.3 is 5.63 Å². The minimum atomic E-state index is -3.57. The summed E-state index contributed by atoms with van der Waals surface area (Å²) in [7, 11) is -3.57. The van der Waals surface area contributed by atoms with Gasteiger partial charge in [0, 0.05) is 24.2 Å². The summed E-state index contributed by atoms with van der Waals surface area (Å²) in [5.74, 6) is 0.924. The van der Waals surface area contributed by atoms with Crippen molar-refractivity contribution in [2.75, 3.05) is 13.1 Å². The monoisotopic (exact) mass is 383 g/mol. The van der Waals surface area contributed by atoms with E-state index in [-0.39, 0.29) is 11.0 Å². The number of aryl methyl sites for hydroxylation is 1. The normalized spacial score (nSPS) is 16.7. The van der Waals surface area contributed by atoms with Crippen molar-refractivity contribution in [1.82, 2.24) is 4.31 Å². The summed E-state index contributed by atoms with van der Waals surface area (Å²) in [4.78, 5) is 11.6. The van der Waals surface area contributed by atoms with Gasteiger partial charge in [0.15, 0.2) is 0 Å². The third kappa shape index (κ3) is 4.23. The standard InChI is InChI=1S/C17H18ClNO5S/c1-12-9-15(11-17(20)23-12)24-14-5-7-19(8-6-14)25(21,22)16-4-2-3-13(18)10-16/h2-4,9-11,14H,5-8H2,1H3. The minimum Gasteiger partial charge on any atom is -0.490 e. The summed E-state index contributed by atoms with van der Waals surface area (Å²) in [5.41, 5.74) is -0.462. The third-order valence-corrected chi connectivity index (χ3v) is 6.13. The number of hydrogen-bond donors (Lipinski definition) is 0. The Bertz CT molecular complexity index is 917. The maximum Gasteiger partial charge on any atom is 0.339 e. The van der Waals surface area contributed by atoms with Crippen molar-refractivity contribution >= 4 is 21.6 Å². The zero-order valence-corrected chi connectivity index (χ0v) is 15.2. The molecule has 1 aromatic heterocycles. The molecule has 6 nitrogen and oxygen atoms in total. The van der Waals surface area contributed by atoms with Crippen molar-refractivity contribution in [2.24, 2.45) is 0 Å². The van der Waals surface area contributed by atoms with Gasteiger partial charge in [-0.25, -0.2) is 13.2 Å². The lowest BCUT2D eigenvalue weighted by atomic mass is 10.1. The zero-order valence-electron chi connectivity index (χ0n) is 13.6. The predicted molar refractivity (Wildman–Crippen MR) is 93.6 cm³/mol. The van der Waals surface area contributed by atoms with Gasteiger partial charge in [0.05, 0.1) is 11.0 Å². The van der Waals surface area contributed by atoms with Crippen molar-refractivity contribution in [2.45, 2.75) is 30.8 Å². The van der Waals surface area contributed by atoms with Crippen molar-refractivity contribution in [3.05, 3.63) is 57.6 Å². The molecule has 1 aliphatic rings. The molecule has 0 aliphatic carbocycles. The molecule has 8 heteroatoms. The molecular weight excluding hydrogens is 366 g/mol. The van der Waals surface area contributed by atoms with E-state index in [2.05, 4.69) is 0 Å². The van der Waals surface area contributed by atoms with Crippen LogP contribution in [0.4, 0.5) is 0 Å². The lowest BCUT2D eigenvalue weighted by Gasteiger charge is -2.31. The molecule has 0 N–H and O–H groups in total. The van der Waals surface area contributed by atoms with Gasteiger partial charge in [0.25, 0.3) is 0 Å². The second kappa shape index (κ2) is 7.19. The average molecular weight is 384 g/mol. The lowest BCUT2D eigenvalue weighted by molar-refractivity contribution is 0.134. The number of benzene rings is 1. The largest absolute Gasteiger partial charge is 0.490 e. The fraction of sp³-hybridized carbons (Fsp3) is 0.353. The maximum absolute atomic E-state index is 12.7. The molecule has 25 heavy (non-hydrogen) atoms. The molecule has 0 saturated carbocycles. The van der Waals surface area contributed by atoms with E-state index >= 15 is 0 Å². The Labute approximate surface area is 151 Å². The van der Waals surface area contributed by atoms with E-state index in [1.165, 1.54) is 22.5 Å². The molecule has 0 atom stereocenters. The number of nitrogens with zero attached hydrogens (tertiary/aromatic N) is 1. The smallest absolute Gasteiger partial charge is 0.339 e. The Morgan fingerprint density at radius 1 is 1.20 bits per heavy atom. The van der Waals surface area contributed by atoms with E-state index in [0.717, 1.165) is 0 Å². The molecule has 2 aromatic rings. The molecule has 0 bridgehead atoms. The van der Waals surface area contributed by atoms with E-state index in [1.807, 2.05) is 0 Å². The molecule has 3 rings (SSSR count). The molecule has 1 aliphatic heterocycles. The number of rotatable bonds is 4. The highest BCUT2D eigenvalue weighted by molar-refractivity contribution is 7.89. The van der Waals surface area contributed by atoms with Gasteiger partial charge < -0.3 is 9.15 Å². The fourth-order valence-corrected chi connectivity index (χ4v) is 4.57. The van der Waals surface area contributed by atoms with Crippen molar-refractivity contribution < 1.29 is 17.6 Å². The quantitative estimate of drug-likeness (QED) is 0.811. The van der Waals surface area contributed by atoms with Crippen molar-refractivity contribution in [3.63, 3.8) is 0 Å². The van der Waals surface area contributed by atoms with E-state index in [1.54, 1.807) is 25.1 Å². The molecule has 1 fully saturated rings. The highest BCUT2D eigenvalue weighted by Crippen LogP contribution is 2.25. The Morgan fingerprint density at radius 3 is 2.56 bits per heavy atom. The topological polar surface area (TPSA) is 76.8 Å². The molecule has 1 saturated heterocycles. The van der Waals surface area contributed by atoms with Gasteiger partial charge in [-0.2, -0.15) is 4.31 Å². The van der Waals surface area contributed by atoms with Crippen LogP contribution in [0.3, 0.4) is 0 Å². The van der Waals surface area contributed by atoms with Gasteiger partial charge in [0.2, 0.25) is 10.0 Å². The summed E-state index contributed by atoms with van der Waals surface area (Å²) >= 11 is 5.89. The van der Waals surface area contributed by atoms with Crippen LogP contribution in [0.25, 0.3) is 0 Å². The highest BCUT2D eigenvalue weighted by Gasteiger charge is 2.30. The van der Waals surface area contributed by atoms with Gasteiger partial charge in [0.1, 0.15) is 17.6 Å². The minimum absolute atomic E-state index is 0.146. The van der Waals surface area contributed by atoms with Gasteiger partial charge in [-0.3, -0.25) is 0 Å². The predicted octanol–water partition coefficient (Wildman–Crippen LogP) is 2.83.